The molecule has 92 valence electrons. The summed E-state index contributed by atoms with van der Waals surface area (Å²) < 4.78 is 6.64. The van der Waals surface area contributed by atoms with E-state index in [1.807, 2.05) is 49.4 Å². The predicted molar refractivity (Wildman–Crippen MR) is 81.3 cm³/mol. The predicted octanol–water partition coefficient (Wildman–Crippen LogP) is 4.18. The molecule has 0 fully saturated rings. The molecule has 2 aromatic rings. The van der Waals surface area contributed by atoms with Crippen LogP contribution in [0.1, 0.15) is 11.1 Å². The van der Waals surface area contributed by atoms with Crippen LogP contribution in [0.2, 0.25) is 0 Å². The van der Waals surface area contributed by atoms with Crippen molar-refractivity contribution in [1.82, 2.24) is 0 Å². The summed E-state index contributed by atoms with van der Waals surface area (Å²) >= 11 is 8.38. The second kappa shape index (κ2) is 5.50. The third-order valence-corrected chi connectivity index (χ3v) is 3.40. The summed E-state index contributed by atoms with van der Waals surface area (Å²) in [7, 11) is 0. The van der Waals surface area contributed by atoms with Gasteiger partial charge in [-0.15, -0.1) is 0 Å². The average molecular weight is 322 g/mol. The van der Waals surface area contributed by atoms with Crippen LogP contribution in [-0.2, 0) is 0 Å². The number of ether oxygens (including phenoxy) is 1. The highest BCUT2D eigenvalue weighted by molar-refractivity contribution is 9.10. The van der Waals surface area contributed by atoms with E-state index in [4.69, 9.17) is 22.7 Å². The molecule has 0 aromatic heterocycles. The fourth-order valence-electron chi connectivity index (χ4n) is 1.56. The second-order valence-electron chi connectivity index (χ2n) is 3.87. The van der Waals surface area contributed by atoms with Crippen LogP contribution < -0.4 is 10.5 Å². The van der Waals surface area contributed by atoms with Gasteiger partial charge in [0.05, 0.1) is 0 Å². The summed E-state index contributed by atoms with van der Waals surface area (Å²) in [6.45, 7) is 2.01. The Morgan fingerprint density at radius 3 is 2.56 bits per heavy atom. The van der Waals surface area contributed by atoms with Crippen molar-refractivity contribution in [2.24, 2.45) is 5.73 Å². The highest BCUT2D eigenvalue weighted by atomic mass is 79.9. The van der Waals surface area contributed by atoms with Crippen LogP contribution in [0.25, 0.3) is 0 Å². The summed E-state index contributed by atoms with van der Waals surface area (Å²) in [6, 6.07) is 13.4. The Balaban J connectivity index is 2.29. The van der Waals surface area contributed by atoms with Gasteiger partial charge < -0.3 is 10.5 Å². The molecule has 0 aliphatic carbocycles. The number of para-hydroxylation sites is 1. The van der Waals surface area contributed by atoms with Gasteiger partial charge in [0, 0.05) is 10.0 Å². The number of benzene rings is 2. The summed E-state index contributed by atoms with van der Waals surface area (Å²) in [4.78, 5) is 0.365. The number of thiocarbonyl (C=S) groups is 1. The first-order valence-corrected chi connectivity index (χ1v) is 6.61. The minimum Gasteiger partial charge on any atom is -0.457 e. The molecular weight excluding hydrogens is 310 g/mol. The first-order chi connectivity index (χ1) is 8.58. The van der Waals surface area contributed by atoms with Crippen molar-refractivity contribution in [2.75, 3.05) is 0 Å². The number of halogens is 1. The van der Waals surface area contributed by atoms with Crippen LogP contribution >= 0.6 is 28.1 Å². The van der Waals surface area contributed by atoms with Crippen LogP contribution in [0, 0.1) is 6.92 Å². The lowest BCUT2D eigenvalue weighted by molar-refractivity contribution is 0.478. The van der Waals surface area contributed by atoms with E-state index in [9.17, 15) is 0 Å². The molecule has 4 heteroatoms. The first-order valence-electron chi connectivity index (χ1n) is 5.41. The van der Waals surface area contributed by atoms with Crippen LogP contribution in [-0.4, -0.2) is 4.99 Å². The highest BCUT2D eigenvalue weighted by Crippen LogP contribution is 2.28. The smallest absolute Gasteiger partial charge is 0.130 e. The normalized spacial score (nSPS) is 10.1. The molecule has 0 heterocycles. The summed E-state index contributed by atoms with van der Waals surface area (Å²) in [6.07, 6.45) is 0. The van der Waals surface area contributed by atoms with Crippen molar-refractivity contribution >= 4 is 33.1 Å². The van der Waals surface area contributed by atoms with E-state index in [0.717, 1.165) is 27.1 Å². The third kappa shape index (κ3) is 2.89. The van der Waals surface area contributed by atoms with Gasteiger partial charge in [0.2, 0.25) is 0 Å². The van der Waals surface area contributed by atoms with E-state index >= 15 is 0 Å². The molecule has 2 N–H and O–H groups in total. The zero-order chi connectivity index (χ0) is 13.1. The van der Waals surface area contributed by atoms with E-state index in [1.54, 1.807) is 0 Å². The van der Waals surface area contributed by atoms with Gasteiger partial charge in [-0.25, -0.2) is 0 Å². The Morgan fingerprint density at radius 1 is 1.22 bits per heavy atom. The third-order valence-electron chi connectivity index (χ3n) is 2.53. The first kappa shape index (κ1) is 13.1. The van der Waals surface area contributed by atoms with Gasteiger partial charge >= 0.3 is 0 Å². The number of hydrogen-bond acceptors (Lipinski definition) is 2. The molecule has 0 atom stereocenters. The van der Waals surface area contributed by atoms with Gasteiger partial charge in [-0.05, 0) is 52.7 Å². The number of hydrogen-bond donors (Lipinski definition) is 1. The van der Waals surface area contributed by atoms with E-state index in [0.29, 0.717) is 4.99 Å². The van der Waals surface area contributed by atoms with Gasteiger partial charge in [0.25, 0.3) is 0 Å². The lowest BCUT2D eigenvalue weighted by atomic mass is 10.2. The Labute approximate surface area is 120 Å². The molecule has 0 saturated heterocycles. The van der Waals surface area contributed by atoms with Crippen LogP contribution in [0.4, 0.5) is 0 Å². The molecule has 0 radical (unpaired) electrons. The molecule has 18 heavy (non-hydrogen) atoms. The van der Waals surface area contributed by atoms with Crippen LogP contribution in [0.5, 0.6) is 11.5 Å². The minimum absolute atomic E-state index is 0.365. The minimum atomic E-state index is 0.365. The zero-order valence-corrected chi connectivity index (χ0v) is 12.2. The van der Waals surface area contributed by atoms with E-state index in [-0.39, 0.29) is 0 Å². The maximum Gasteiger partial charge on any atom is 0.130 e. The molecule has 0 spiro atoms. The van der Waals surface area contributed by atoms with Crippen molar-refractivity contribution in [3.63, 3.8) is 0 Å². The van der Waals surface area contributed by atoms with Crippen molar-refractivity contribution < 1.29 is 4.74 Å². The number of aryl methyl sites for hydroxylation is 1. The quantitative estimate of drug-likeness (QED) is 0.861. The molecule has 2 rings (SSSR count). The lowest BCUT2D eigenvalue weighted by Gasteiger charge is -2.10. The van der Waals surface area contributed by atoms with Crippen molar-refractivity contribution in [3.05, 3.63) is 58.1 Å². The standard InChI is InChI=1S/C14H12BrNOS/c1-9-4-2-3-5-13(9)17-10-6-7-11(14(16)18)12(15)8-10/h2-8H,1H3,(H2,16,18). The zero-order valence-electron chi connectivity index (χ0n) is 9.81. The summed E-state index contributed by atoms with van der Waals surface area (Å²) in [5.74, 6) is 1.59. The van der Waals surface area contributed by atoms with Gasteiger partial charge in [0.15, 0.2) is 0 Å². The highest BCUT2D eigenvalue weighted by Gasteiger charge is 2.06. The average Bonchev–Trinajstić information content (AvgIpc) is 2.32. The lowest BCUT2D eigenvalue weighted by Crippen LogP contribution is -2.09. The fraction of sp³-hybridized carbons (Fsp3) is 0.0714. The SMILES string of the molecule is Cc1ccccc1Oc1ccc(C(N)=S)c(Br)c1. The molecule has 0 unspecified atom stereocenters. The maximum atomic E-state index is 5.81. The monoisotopic (exact) mass is 321 g/mol. The van der Waals surface area contributed by atoms with E-state index < -0.39 is 0 Å². The van der Waals surface area contributed by atoms with Crippen LogP contribution in [0.3, 0.4) is 0 Å². The summed E-state index contributed by atoms with van der Waals surface area (Å²) in [5.41, 5.74) is 7.50. The molecule has 2 aromatic carbocycles. The Kier molecular flexibility index (Phi) is 3.99. The van der Waals surface area contributed by atoms with Crippen molar-refractivity contribution in [3.8, 4) is 11.5 Å². The molecule has 0 saturated carbocycles. The fourth-order valence-corrected chi connectivity index (χ4v) is 2.44. The van der Waals surface area contributed by atoms with Crippen LogP contribution in [0.15, 0.2) is 46.9 Å². The number of nitrogens with two attached hydrogens (primary N) is 1. The van der Waals surface area contributed by atoms with E-state index in [2.05, 4.69) is 15.9 Å². The molecule has 2 nitrogen and oxygen atoms in total. The van der Waals surface area contributed by atoms with E-state index in [1.165, 1.54) is 0 Å². The van der Waals surface area contributed by atoms with Gasteiger partial charge in [-0.1, -0.05) is 30.4 Å². The number of rotatable bonds is 3. The molecule has 0 aliphatic heterocycles. The Hall–Kier alpha value is -1.39. The molecule has 0 amide bonds. The molecule has 0 aliphatic rings. The Bertz CT molecular complexity index is 598. The summed E-state index contributed by atoms with van der Waals surface area (Å²) in [5, 5.41) is 0. The second-order valence-corrected chi connectivity index (χ2v) is 5.17. The maximum absolute atomic E-state index is 5.81. The van der Waals surface area contributed by atoms with Gasteiger partial charge in [0.1, 0.15) is 16.5 Å². The Morgan fingerprint density at radius 2 is 1.94 bits per heavy atom. The van der Waals surface area contributed by atoms with Crippen molar-refractivity contribution in [1.29, 1.82) is 0 Å². The topological polar surface area (TPSA) is 35.2 Å². The molecular formula is C14H12BrNOS. The van der Waals surface area contributed by atoms with Crippen molar-refractivity contribution in [2.45, 2.75) is 6.92 Å². The van der Waals surface area contributed by atoms with Gasteiger partial charge in [-0.2, -0.15) is 0 Å². The largest absolute Gasteiger partial charge is 0.457 e. The van der Waals surface area contributed by atoms with Gasteiger partial charge in [-0.3, -0.25) is 0 Å². The molecule has 0 bridgehead atoms.